The summed E-state index contributed by atoms with van der Waals surface area (Å²) in [5, 5.41) is -0.681. The van der Waals surface area contributed by atoms with Crippen LogP contribution in [0, 0.1) is 0 Å². The van der Waals surface area contributed by atoms with Crippen LogP contribution in [0.15, 0.2) is 0 Å². The van der Waals surface area contributed by atoms with E-state index in [9.17, 15) is 13.2 Å². The van der Waals surface area contributed by atoms with E-state index < -0.39 is 15.1 Å². The lowest BCUT2D eigenvalue weighted by Gasteiger charge is -2.16. The number of hydrogen-bond acceptors (Lipinski definition) is 3. The maximum atomic E-state index is 11.9. The Morgan fingerprint density at radius 3 is 2.29 bits per heavy atom. The zero-order valence-electron chi connectivity index (χ0n) is 8.82. The molecule has 1 rings (SSSR count). The summed E-state index contributed by atoms with van der Waals surface area (Å²) < 4.78 is 23.8. The molecule has 4 heteroatoms. The lowest BCUT2D eigenvalue weighted by molar-refractivity contribution is -0.116. The first-order chi connectivity index (χ1) is 6.44. The van der Waals surface area contributed by atoms with Crippen LogP contribution >= 0.6 is 0 Å². The van der Waals surface area contributed by atoms with Crippen molar-refractivity contribution in [2.45, 2.75) is 56.5 Å². The first kappa shape index (κ1) is 11.7. The van der Waals surface area contributed by atoms with Crippen molar-refractivity contribution in [2.75, 3.05) is 0 Å². The number of Topliss-reactive ketones (excluding diaryl/α,β-unsaturated/α-hetero) is 1. The number of hydrogen-bond donors (Lipinski definition) is 0. The van der Waals surface area contributed by atoms with Gasteiger partial charge in [0.2, 0.25) is 0 Å². The monoisotopic (exact) mass is 218 g/mol. The average molecular weight is 218 g/mol. The van der Waals surface area contributed by atoms with Gasteiger partial charge in [-0.2, -0.15) is 0 Å². The summed E-state index contributed by atoms with van der Waals surface area (Å²) >= 11 is 0. The highest BCUT2D eigenvalue weighted by molar-refractivity contribution is 7.92. The molecule has 82 valence electrons. The van der Waals surface area contributed by atoms with Crippen LogP contribution in [0.2, 0.25) is 0 Å². The van der Waals surface area contributed by atoms with Crippen LogP contribution in [0.1, 0.15) is 46.0 Å². The summed E-state index contributed by atoms with van der Waals surface area (Å²) in [4.78, 5) is 10.9. The predicted octanol–water partition coefficient (Wildman–Crippen LogP) is 1.71. The molecule has 0 saturated heterocycles. The third kappa shape index (κ3) is 2.56. The van der Waals surface area contributed by atoms with Crippen LogP contribution in [0.4, 0.5) is 0 Å². The van der Waals surface area contributed by atoms with Gasteiger partial charge in [0.05, 0.1) is 10.5 Å². The van der Waals surface area contributed by atoms with Crippen molar-refractivity contribution in [1.82, 2.24) is 0 Å². The Labute approximate surface area is 85.8 Å². The van der Waals surface area contributed by atoms with Gasteiger partial charge in [0.25, 0.3) is 0 Å². The van der Waals surface area contributed by atoms with Gasteiger partial charge in [-0.3, -0.25) is 4.79 Å². The third-order valence-electron chi connectivity index (χ3n) is 2.90. The summed E-state index contributed by atoms with van der Waals surface area (Å²) in [5.74, 6) is -0.0425. The first-order valence-electron chi connectivity index (χ1n) is 5.16. The summed E-state index contributed by atoms with van der Waals surface area (Å²) in [6.45, 7) is 3.09. The number of carbonyl (C=O) groups is 1. The van der Waals surface area contributed by atoms with Gasteiger partial charge >= 0.3 is 0 Å². The van der Waals surface area contributed by atoms with Gasteiger partial charge in [-0.25, -0.2) is 8.42 Å². The third-order valence-corrected chi connectivity index (χ3v) is 5.59. The standard InChI is InChI=1S/C10H18O3S/c1-8(11)7-9(2)14(12,13)10-5-3-4-6-10/h9-10H,3-7H2,1-2H3. The topological polar surface area (TPSA) is 51.2 Å². The quantitative estimate of drug-likeness (QED) is 0.721. The van der Waals surface area contributed by atoms with Gasteiger partial charge < -0.3 is 0 Å². The Bertz CT molecular complexity index is 299. The highest BCUT2D eigenvalue weighted by Gasteiger charge is 2.33. The van der Waals surface area contributed by atoms with E-state index in [0.29, 0.717) is 0 Å². The molecule has 0 aromatic rings. The van der Waals surface area contributed by atoms with E-state index in [1.165, 1.54) is 6.92 Å². The number of carbonyl (C=O) groups excluding carboxylic acids is 1. The van der Waals surface area contributed by atoms with Crippen molar-refractivity contribution >= 4 is 15.6 Å². The largest absolute Gasteiger partial charge is 0.300 e. The second-order valence-electron chi connectivity index (χ2n) is 4.21. The molecule has 1 unspecified atom stereocenters. The van der Waals surface area contributed by atoms with E-state index in [4.69, 9.17) is 0 Å². The van der Waals surface area contributed by atoms with Crippen LogP contribution in [-0.2, 0) is 14.6 Å². The maximum Gasteiger partial charge on any atom is 0.156 e. The zero-order chi connectivity index (χ0) is 10.8. The molecule has 0 aromatic carbocycles. The lowest BCUT2D eigenvalue weighted by atomic mass is 10.2. The molecular weight excluding hydrogens is 200 g/mol. The summed E-state index contributed by atoms with van der Waals surface area (Å²) in [7, 11) is -3.05. The number of rotatable bonds is 4. The van der Waals surface area contributed by atoms with E-state index >= 15 is 0 Å². The van der Waals surface area contributed by atoms with Crippen molar-refractivity contribution in [1.29, 1.82) is 0 Å². The summed E-state index contributed by atoms with van der Waals surface area (Å²) in [5.41, 5.74) is 0. The molecule has 0 aliphatic heterocycles. The number of ketones is 1. The summed E-state index contributed by atoms with van der Waals surface area (Å²) in [6, 6.07) is 0. The lowest BCUT2D eigenvalue weighted by Crippen LogP contribution is -2.29. The summed E-state index contributed by atoms with van der Waals surface area (Å²) in [6.07, 6.45) is 3.75. The van der Waals surface area contributed by atoms with Gasteiger partial charge in [0.15, 0.2) is 9.84 Å². The number of sulfone groups is 1. The van der Waals surface area contributed by atoms with E-state index in [-0.39, 0.29) is 17.5 Å². The van der Waals surface area contributed by atoms with Crippen molar-refractivity contribution in [3.63, 3.8) is 0 Å². The van der Waals surface area contributed by atoms with Crippen LogP contribution in [-0.4, -0.2) is 24.7 Å². The molecule has 0 spiro atoms. The minimum atomic E-state index is -3.05. The van der Waals surface area contributed by atoms with E-state index in [1.54, 1.807) is 6.92 Å². The van der Waals surface area contributed by atoms with Gasteiger partial charge in [0.1, 0.15) is 5.78 Å². The second kappa shape index (κ2) is 4.43. The van der Waals surface area contributed by atoms with Crippen LogP contribution < -0.4 is 0 Å². The average Bonchev–Trinajstić information content (AvgIpc) is 2.54. The minimum Gasteiger partial charge on any atom is -0.300 e. The molecule has 1 atom stereocenters. The maximum absolute atomic E-state index is 11.9. The molecule has 1 fully saturated rings. The van der Waals surface area contributed by atoms with Crippen LogP contribution in [0.3, 0.4) is 0 Å². The Morgan fingerprint density at radius 1 is 1.36 bits per heavy atom. The molecule has 0 amide bonds. The van der Waals surface area contributed by atoms with Gasteiger partial charge in [0, 0.05) is 6.42 Å². The SMILES string of the molecule is CC(=O)CC(C)S(=O)(=O)C1CCCC1. The molecule has 0 heterocycles. The van der Waals surface area contributed by atoms with Gasteiger partial charge in [-0.05, 0) is 26.7 Å². The highest BCUT2D eigenvalue weighted by Crippen LogP contribution is 2.28. The van der Waals surface area contributed by atoms with E-state index in [1.807, 2.05) is 0 Å². The fourth-order valence-corrected chi connectivity index (χ4v) is 4.18. The molecule has 14 heavy (non-hydrogen) atoms. The van der Waals surface area contributed by atoms with Crippen LogP contribution in [0.25, 0.3) is 0 Å². The van der Waals surface area contributed by atoms with E-state index in [2.05, 4.69) is 0 Å². The Morgan fingerprint density at radius 2 is 1.86 bits per heavy atom. The smallest absolute Gasteiger partial charge is 0.156 e. The molecule has 1 saturated carbocycles. The molecule has 1 aliphatic rings. The second-order valence-corrected chi connectivity index (χ2v) is 6.86. The van der Waals surface area contributed by atoms with E-state index in [0.717, 1.165) is 25.7 Å². The molecule has 0 aromatic heterocycles. The fourth-order valence-electron chi connectivity index (χ4n) is 2.07. The Kier molecular flexibility index (Phi) is 3.70. The minimum absolute atomic E-state index is 0.0425. The normalized spacial score (nSPS) is 21.0. The van der Waals surface area contributed by atoms with Crippen LogP contribution in [0.5, 0.6) is 0 Å². The highest BCUT2D eigenvalue weighted by atomic mass is 32.2. The van der Waals surface area contributed by atoms with Crippen molar-refractivity contribution in [3.05, 3.63) is 0 Å². The molecule has 0 radical (unpaired) electrons. The Hall–Kier alpha value is -0.380. The van der Waals surface area contributed by atoms with Crippen molar-refractivity contribution < 1.29 is 13.2 Å². The zero-order valence-corrected chi connectivity index (χ0v) is 9.64. The fraction of sp³-hybridized carbons (Fsp3) is 0.900. The van der Waals surface area contributed by atoms with Crippen molar-refractivity contribution in [2.24, 2.45) is 0 Å². The van der Waals surface area contributed by atoms with Gasteiger partial charge in [-0.1, -0.05) is 12.8 Å². The molecule has 3 nitrogen and oxygen atoms in total. The molecule has 0 bridgehead atoms. The predicted molar refractivity (Wildman–Crippen MR) is 55.9 cm³/mol. The molecule has 1 aliphatic carbocycles. The Balaban J connectivity index is 2.68. The first-order valence-corrected chi connectivity index (χ1v) is 6.77. The molecule has 0 N–H and O–H groups in total. The van der Waals surface area contributed by atoms with Crippen molar-refractivity contribution in [3.8, 4) is 0 Å². The van der Waals surface area contributed by atoms with Gasteiger partial charge in [-0.15, -0.1) is 0 Å². The molecular formula is C10H18O3S.